The van der Waals surface area contributed by atoms with Gasteiger partial charge in [-0.3, -0.25) is 0 Å². The first-order valence-corrected chi connectivity index (χ1v) is 3.65. The summed E-state index contributed by atoms with van der Waals surface area (Å²) in [5, 5.41) is 17.2. The predicted octanol–water partition coefficient (Wildman–Crippen LogP) is 1.31. The minimum atomic E-state index is -0.500. The molecule has 0 heterocycles. The molecule has 0 aliphatic heterocycles. The molecule has 1 fully saturated rings. The molecule has 0 aromatic heterocycles. The molecule has 0 unspecified atom stereocenters. The Morgan fingerprint density at radius 1 is 1.20 bits per heavy atom. The molecule has 2 nitrogen and oxygen atoms in total. The third-order valence-corrected chi connectivity index (χ3v) is 0.974. The van der Waals surface area contributed by atoms with Gasteiger partial charge in [-0.1, -0.05) is 0 Å². The molecule has 0 bridgehead atoms. The highest BCUT2D eigenvalue weighted by Crippen LogP contribution is 2.33. The molecule has 2 heteroatoms. The maximum absolute atomic E-state index is 8.63. The maximum atomic E-state index is 8.63. The fourth-order valence-electron chi connectivity index (χ4n) is 0.181. The fraction of sp³-hybridized carbons (Fsp3) is 1.00. The van der Waals surface area contributed by atoms with Gasteiger partial charge in [0.2, 0.25) is 0 Å². The minimum Gasteiger partial charge on any atom is -0.391 e. The average molecular weight is 146 g/mol. The largest absolute Gasteiger partial charge is 0.391 e. The Morgan fingerprint density at radius 2 is 1.30 bits per heavy atom. The van der Waals surface area contributed by atoms with E-state index in [1.807, 2.05) is 6.92 Å². The highest BCUT2D eigenvalue weighted by Gasteiger charge is 2.33. The second-order valence-electron chi connectivity index (χ2n) is 4.17. The van der Waals surface area contributed by atoms with Gasteiger partial charge < -0.3 is 10.2 Å². The lowest BCUT2D eigenvalue weighted by Gasteiger charge is -2.04. The number of aliphatic hydroxyl groups is 2. The van der Waals surface area contributed by atoms with Crippen molar-refractivity contribution in [3.8, 4) is 0 Å². The summed E-state index contributed by atoms with van der Waals surface area (Å²) in [6.07, 6.45) is 2.01. The molecule has 0 saturated heterocycles. The summed E-state index contributed by atoms with van der Waals surface area (Å²) < 4.78 is 0. The van der Waals surface area contributed by atoms with Crippen LogP contribution in [-0.2, 0) is 0 Å². The average Bonchev–Trinajstić information content (AvgIpc) is 2.11. The van der Waals surface area contributed by atoms with Gasteiger partial charge in [0.1, 0.15) is 0 Å². The third-order valence-electron chi connectivity index (χ3n) is 0.974. The molecular formula is C8H18O2. The Kier molecular flexibility index (Phi) is 2.86. The van der Waals surface area contributed by atoms with Gasteiger partial charge in [0.05, 0.1) is 11.2 Å². The van der Waals surface area contributed by atoms with Crippen LogP contribution in [0.2, 0.25) is 0 Å². The van der Waals surface area contributed by atoms with Crippen LogP contribution in [0.1, 0.15) is 40.5 Å². The molecule has 0 radical (unpaired) electrons. The van der Waals surface area contributed by atoms with E-state index in [0.29, 0.717) is 0 Å². The van der Waals surface area contributed by atoms with Crippen molar-refractivity contribution in [2.24, 2.45) is 0 Å². The molecule has 1 aliphatic rings. The van der Waals surface area contributed by atoms with E-state index < -0.39 is 5.60 Å². The van der Waals surface area contributed by atoms with Crippen molar-refractivity contribution in [3.63, 3.8) is 0 Å². The topological polar surface area (TPSA) is 40.5 Å². The summed E-state index contributed by atoms with van der Waals surface area (Å²) in [7, 11) is 0. The second kappa shape index (κ2) is 2.89. The Bertz CT molecular complexity index is 84.2. The molecule has 62 valence electrons. The quantitative estimate of drug-likeness (QED) is 0.541. The zero-order valence-corrected chi connectivity index (χ0v) is 7.31. The van der Waals surface area contributed by atoms with E-state index in [9.17, 15) is 0 Å². The Labute approximate surface area is 62.9 Å². The third kappa shape index (κ3) is 15.7. The lowest BCUT2D eigenvalue weighted by Crippen LogP contribution is -2.10. The van der Waals surface area contributed by atoms with Crippen molar-refractivity contribution in [2.75, 3.05) is 0 Å². The summed E-state index contributed by atoms with van der Waals surface area (Å²) in [5.41, 5.74) is -0.750. The molecule has 1 aliphatic carbocycles. The second-order valence-corrected chi connectivity index (χ2v) is 4.17. The number of rotatable bonds is 0. The molecule has 1 saturated carbocycles. The van der Waals surface area contributed by atoms with Gasteiger partial charge in [-0.05, 0) is 40.5 Å². The van der Waals surface area contributed by atoms with Crippen molar-refractivity contribution < 1.29 is 10.2 Å². The van der Waals surface area contributed by atoms with E-state index in [1.54, 1.807) is 20.8 Å². The van der Waals surface area contributed by atoms with Crippen molar-refractivity contribution in [1.82, 2.24) is 0 Å². The molecule has 0 amide bonds. The van der Waals surface area contributed by atoms with Gasteiger partial charge in [0.15, 0.2) is 0 Å². The molecule has 1 rings (SSSR count). The van der Waals surface area contributed by atoms with Crippen molar-refractivity contribution in [2.45, 2.75) is 51.7 Å². The first-order valence-electron chi connectivity index (χ1n) is 3.65. The monoisotopic (exact) mass is 146 g/mol. The Hall–Kier alpha value is -0.0800. The van der Waals surface area contributed by atoms with Crippen LogP contribution >= 0.6 is 0 Å². The number of hydrogen-bond donors (Lipinski definition) is 2. The van der Waals surface area contributed by atoms with E-state index in [2.05, 4.69) is 0 Å². The van der Waals surface area contributed by atoms with Gasteiger partial charge in [-0.15, -0.1) is 0 Å². The van der Waals surface area contributed by atoms with Crippen LogP contribution < -0.4 is 0 Å². The van der Waals surface area contributed by atoms with Crippen LogP contribution in [0.3, 0.4) is 0 Å². The van der Waals surface area contributed by atoms with E-state index in [0.717, 1.165) is 12.8 Å². The molecule has 0 aromatic carbocycles. The lowest BCUT2D eigenvalue weighted by molar-refractivity contribution is 0.102. The van der Waals surface area contributed by atoms with Crippen LogP contribution in [-0.4, -0.2) is 21.4 Å². The summed E-state index contributed by atoms with van der Waals surface area (Å²) >= 11 is 0. The Morgan fingerprint density at radius 3 is 1.30 bits per heavy atom. The minimum absolute atomic E-state index is 0.250. The normalized spacial score (nSPS) is 21.0. The van der Waals surface area contributed by atoms with Crippen LogP contribution in [0.25, 0.3) is 0 Å². The van der Waals surface area contributed by atoms with Gasteiger partial charge in [-0.25, -0.2) is 0 Å². The van der Waals surface area contributed by atoms with E-state index in [4.69, 9.17) is 10.2 Å². The van der Waals surface area contributed by atoms with Crippen LogP contribution in [0.15, 0.2) is 0 Å². The molecule has 2 N–H and O–H groups in total. The van der Waals surface area contributed by atoms with Gasteiger partial charge in [-0.2, -0.15) is 0 Å². The molecule has 0 aromatic rings. The van der Waals surface area contributed by atoms with Crippen molar-refractivity contribution in [1.29, 1.82) is 0 Å². The van der Waals surface area contributed by atoms with Gasteiger partial charge in [0, 0.05) is 0 Å². The molecule has 0 atom stereocenters. The molecule has 0 spiro atoms. The van der Waals surface area contributed by atoms with Crippen LogP contribution in [0.4, 0.5) is 0 Å². The Balaban J connectivity index is 0.000000162. The van der Waals surface area contributed by atoms with E-state index in [1.165, 1.54) is 0 Å². The highest BCUT2D eigenvalue weighted by molar-refractivity contribution is 4.87. The SMILES string of the molecule is CC(C)(C)O.CC1(O)CC1. The van der Waals surface area contributed by atoms with Gasteiger partial charge in [0.25, 0.3) is 0 Å². The standard InChI is InChI=1S/C4H8O.C4H10O/c1-4(5)2-3-4;1-4(2,3)5/h5H,2-3H2,1H3;5H,1-3H3. The van der Waals surface area contributed by atoms with Crippen molar-refractivity contribution in [3.05, 3.63) is 0 Å². The van der Waals surface area contributed by atoms with Crippen molar-refractivity contribution >= 4 is 0 Å². The molecule has 10 heavy (non-hydrogen) atoms. The smallest absolute Gasteiger partial charge is 0.0622 e. The summed E-state index contributed by atoms with van der Waals surface area (Å²) in [5.74, 6) is 0. The predicted molar refractivity (Wildman–Crippen MR) is 41.8 cm³/mol. The van der Waals surface area contributed by atoms with Crippen LogP contribution in [0, 0.1) is 0 Å². The van der Waals surface area contributed by atoms with Gasteiger partial charge >= 0.3 is 0 Å². The lowest BCUT2D eigenvalue weighted by atomic mass is 10.2. The highest BCUT2D eigenvalue weighted by atomic mass is 16.3. The number of hydrogen-bond acceptors (Lipinski definition) is 2. The van der Waals surface area contributed by atoms with E-state index >= 15 is 0 Å². The first-order chi connectivity index (χ1) is 4.21. The van der Waals surface area contributed by atoms with Crippen LogP contribution in [0.5, 0.6) is 0 Å². The zero-order valence-electron chi connectivity index (χ0n) is 7.31. The summed E-state index contributed by atoms with van der Waals surface area (Å²) in [4.78, 5) is 0. The molecular weight excluding hydrogens is 128 g/mol. The zero-order chi connectivity index (χ0) is 8.41. The maximum Gasteiger partial charge on any atom is 0.0622 e. The first kappa shape index (κ1) is 9.92. The summed E-state index contributed by atoms with van der Waals surface area (Å²) in [6, 6.07) is 0. The van der Waals surface area contributed by atoms with E-state index in [-0.39, 0.29) is 5.60 Å². The fourth-order valence-corrected chi connectivity index (χ4v) is 0.181. The summed E-state index contributed by atoms with van der Waals surface area (Å²) in [6.45, 7) is 7.08.